The molecule has 3 aromatic heterocycles. The van der Waals surface area contributed by atoms with E-state index in [1.165, 1.54) is 0 Å². The third-order valence-corrected chi connectivity index (χ3v) is 8.59. The lowest BCUT2D eigenvalue weighted by Gasteiger charge is -2.12. The standard InChI is InChI=1S/C42H26N4O/c1-4-10-27(11-5-1)32-22-33(28-12-6-2-7-13-28)24-34(23-32)42-45-40(30-14-8-3-9-15-30)44-41(46-42)31-17-16-29-18-19-36-35-20-21-43-26-38(35)47-39(36)37(29)25-31/h1-26H. The number of benzene rings is 6. The lowest BCUT2D eigenvalue weighted by molar-refractivity contribution is 0.670. The van der Waals surface area contributed by atoms with Gasteiger partial charge in [-0.2, -0.15) is 0 Å². The minimum Gasteiger partial charge on any atom is -0.454 e. The van der Waals surface area contributed by atoms with Crippen LogP contribution >= 0.6 is 0 Å². The molecule has 0 fully saturated rings. The van der Waals surface area contributed by atoms with Crippen LogP contribution in [0.25, 0.3) is 89.1 Å². The number of furan rings is 1. The average molecular weight is 603 g/mol. The van der Waals surface area contributed by atoms with Gasteiger partial charge >= 0.3 is 0 Å². The van der Waals surface area contributed by atoms with E-state index < -0.39 is 0 Å². The Kier molecular flexibility index (Phi) is 6.39. The number of fused-ring (bicyclic) bond motifs is 5. The van der Waals surface area contributed by atoms with Gasteiger partial charge in [-0.25, -0.2) is 15.0 Å². The van der Waals surface area contributed by atoms with Crippen LogP contribution in [-0.2, 0) is 0 Å². The normalized spacial score (nSPS) is 11.4. The van der Waals surface area contributed by atoms with Crippen molar-refractivity contribution in [1.82, 2.24) is 19.9 Å². The van der Waals surface area contributed by atoms with E-state index in [9.17, 15) is 0 Å². The molecule has 0 spiro atoms. The zero-order valence-corrected chi connectivity index (χ0v) is 25.2. The van der Waals surface area contributed by atoms with Gasteiger partial charge in [0, 0.05) is 39.0 Å². The predicted molar refractivity (Wildman–Crippen MR) is 190 cm³/mol. The SMILES string of the molecule is c1ccc(-c2cc(-c3ccccc3)cc(-c3nc(-c4ccccc4)nc(-c4ccc5ccc6c7ccncc7oc6c5c4)n3)c2)cc1. The highest BCUT2D eigenvalue weighted by Crippen LogP contribution is 2.37. The van der Waals surface area contributed by atoms with Crippen LogP contribution in [0, 0.1) is 0 Å². The third-order valence-electron chi connectivity index (χ3n) is 8.59. The van der Waals surface area contributed by atoms with E-state index in [1.807, 2.05) is 48.5 Å². The van der Waals surface area contributed by atoms with Crippen LogP contribution in [0.3, 0.4) is 0 Å². The molecular formula is C42H26N4O. The summed E-state index contributed by atoms with van der Waals surface area (Å²) >= 11 is 0. The van der Waals surface area contributed by atoms with Crippen LogP contribution in [0.4, 0.5) is 0 Å². The molecule has 5 heteroatoms. The van der Waals surface area contributed by atoms with Crippen LogP contribution in [0.1, 0.15) is 0 Å². The number of hydrogen-bond donors (Lipinski definition) is 0. The number of hydrogen-bond acceptors (Lipinski definition) is 5. The Hall–Kier alpha value is -6.46. The first-order valence-electron chi connectivity index (χ1n) is 15.5. The van der Waals surface area contributed by atoms with Gasteiger partial charge in [-0.3, -0.25) is 4.98 Å². The highest BCUT2D eigenvalue weighted by Gasteiger charge is 2.17. The molecule has 0 amide bonds. The monoisotopic (exact) mass is 602 g/mol. The Morgan fingerprint density at radius 2 is 0.936 bits per heavy atom. The second-order valence-corrected chi connectivity index (χ2v) is 11.6. The molecule has 0 aliphatic rings. The highest BCUT2D eigenvalue weighted by atomic mass is 16.3. The molecule has 47 heavy (non-hydrogen) atoms. The fourth-order valence-corrected chi connectivity index (χ4v) is 6.25. The lowest BCUT2D eigenvalue weighted by atomic mass is 9.96. The summed E-state index contributed by atoms with van der Waals surface area (Å²) in [5.41, 5.74) is 8.76. The number of rotatable bonds is 5. The molecule has 0 saturated carbocycles. The second kappa shape index (κ2) is 11.2. The van der Waals surface area contributed by atoms with Gasteiger partial charge in [0.05, 0.1) is 6.20 Å². The van der Waals surface area contributed by atoms with Crippen LogP contribution < -0.4 is 0 Å². The second-order valence-electron chi connectivity index (χ2n) is 11.6. The minimum atomic E-state index is 0.594. The van der Waals surface area contributed by atoms with Crippen molar-refractivity contribution in [3.05, 3.63) is 158 Å². The van der Waals surface area contributed by atoms with E-state index in [1.54, 1.807) is 12.4 Å². The summed E-state index contributed by atoms with van der Waals surface area (Å²) in [5.74, 6) is 1.82. The van der Waals surface area contributed by atoms with Crippen LogP contribution in [0.15, 0.2) is 162 Å². The van der Waals surface area contributed by atoms with Crippen molar-refractivity contribution in [1.29, 1.82) is 0 Å². The number of nitrogens with zero attached hydrogens (tertiary/aromatic N) is 4. The lowest BCUT2D eigenvalue weighted by Crippen LogP contribution is -2.00. The molecule has 0 radical (unpaired) electrons. The Balaban J connectivity index is 1.27. The summed E-state index contributed by atoms with van der Waals surface area (Å²) in [5, 5.41) is 4.17. The molecule has 3 heterocycles. The molecule has 0 saturated heterocycles. The first-order valence-corrected chi connectivity index (χ1v) is 15.5. The van der Waals surface area contributed by atoms with Crippen LogP contribution in [-0.4, -0.2) is 19.9 Å². The van der Waals surface area contributed by atoms with Crippen molar-refractivity contribution in [2.45, 2.75) is 0 Å². The van der Waals surface area contributed by atoms with Crippen molar-refractivity contribution in [3.8, 4) is 56.4 Å². The minimum absolute atomic E-state index is 0.594. The molecule has 0 N–H and O–H groups in total. The van der Waals surface area contributed by atoms with Crippen molar-refractivity contribution in [3.63, 3.8) is 0 Å². The molecule has 6 aromatic carbocycles. The Morgan fingerprint density at radius 3 is 1.60 bits per heavy atom. The van der Waals surface area contributed by atoms with E-state index >= 15 is 0 Å². The Labute approximate surface area is 270 Å². The van der Waals surface area contributed by atoms with Gasteiger partial charge in [-0.1, -0.05) is 109 Å². The van der Waals surface area contributed by atoms with E-state index in [4.69, 9.17) is 19.4 Å². The Bertz CT molecular complexity index is 2500. The largest absolute Gasteiger partial charge is 0.454 e. The van der Waals surface area contributed by atoms with Crippen LogP contribution in [0.2, 0.25) is 0 Å². The molecule has 9 rings (SSSR count). The van der Waals surface area contributed by atoms with Gasteiger partial charge in [-0.05, 0) is 64.0 Å². The first kappa shape index (κ1) is 26.9. The van der Waals surface area contributed by atoms with E-state index in [0.29, 0.717) is 17.5 Å². The van der Waals surface area contributed by atoms with E-state index in [-0.39, 0.29) is 0 Å². The number of pyridine rings is 1. The zero-order valence-electron chi connectivity index (χ0n) is 25.2. The van der Waals surface area contributed by atoms with Gasteiger partial charge < -0.3 is 4.42 Å². The molecule has 0 unspecified atom stereocenters. The topological polar surface area (TPSA) is 64.7 Å². The summed E-state index contributed by atoms with van der Waals surface area (Å²) in [6, 6.07) is 50.0. The van der Waals surface area contributed by atoms with Gasteiger partial charge in [0.1, 0.15) is 5.58 Å². The molecule has 9 aromatic rings. The van der Waals surface area contributed by atoms with Gasteiger partial charge in [-0.15, -0.1) is 0 Å². The summed E-state index contributed by atoms with van der Waals surface area (Å²) in [6.07, 6.45) is 3.56. The molecule has 0 aliphatic heterocycles. The average Bonchev–Trinajstić information content (AvgIpc) is 3.55. The van der Waals surface area contributed by atoms with Crippen molar-refractivity contribution in [2.24, 2.45) is 0 Å². The molecule has 0 aliphatic carbocycles. The maximum atomic E-state index is 6.34. The summed E-state index contributed by atoms with van der Waals surface area (Å²) in [7, 11) is 0. The van der Waals surface area contributed by atoms with Crippen molar-refractivity contribution in [2.75, 3.05) is 0 Å². The fraction of sp³-hybridized carbons (Fsp3) is 0. The molecule has 0 bridgehead atoms. The molecule has 5 nitrogen and oxygen atoms in total. The quantitative estimate of drug-likeness (QED) is 0.196. The third kappa shape index (κ3) is 4.91. The van der Waals surface area contributed by atoms with Crippen molar-refractivity contribution < 1.29 is 4.42 Å². The molecule has 220 valence electrons. The fourth-order valence-electron chi connectivity index (χ4n) is 6.25. The summed E-state index contributed by atoms with van der Waals surface area (Å²) < 4.78 is 6.34. The maximum Gasteiger partial charge on any atom is 0.164 e. The van der Waals surface area contributed by atoms with E-state index in [0.717, 1.165) is 71.7 Å². The first-order chi connectivity index (χ1) is 23.3. The zero-order chi connectivity index (χ0) is 31.2. The molecular weight excluding hydrogens is 576 g/mol. The van der Waals surface area contributed by atoms with Crippen molar-refractivity contribution >= 4 is 32.7 Å². The van der Waals surface area contributed by atoms with Gasteiger partial charge in [0.2, 0.25) is 0 Å². The molecule has 0 atom stereocenters. The number of aromatic nitrogens is 4. The smallest absolute Gasteiger partial charge is 0.164 e. The van der Waals surface area contributed by atoms with Gasteiger partial charge in [0.25, 0.3) is 0 Å². The van der Waals surface area contributed by atoms with Gasteiger partial charge in [0.15, 0.2) is 23.1 Å². The summed E-state index contributed by atoms with van der Waals surface area (Å²) in [4.78, 5) is 19.5. The van der Waals surface area contributed by atoms with Crippen LogP contribution in [0.5, 0.6) is 0 Å². The summed E-state index contributed by atoms with van der Waals surface area (Å²) in [6.45, 7) is 0. The Morgan fingerprint density at radius 1 is 0.383 bits per heavy atom. The maximum absolute atomic E-state index is 6.34. The highest BCUT2D eigenvalue weighted by molar-refractivity contribution is 6.15. The van der Waals surface area contributed by atoms with E-state index in [2.05, 4.69) is 102 Å². The predicted octanol–water partition coefficient (Wildman–Crippen LogP) is 10.7.